The first kappa shape index (κ1) is 14.6. The Balaban J connectivity index is 3.29. The van der Waals surface area contributed by atoms with E-state index in [0.717, 1.165) is 11.9 Å². The smallest absolute Gasteiger partial charge is 0.185 e. The SMILES string of the molecule is CN(C)c1ccc(/C=C(\C#N)S(C)(=O)=O)c(Cl)c1. The van der Waals surface area contributed by atoms with Crippen LogP contribution in [0.1, 0.15) is 5.56 Å². The highest BCUT2D eigenvalue weighted by Crippen LogP contribution is 2.25. The largest absolute Gasteiger partial charge is 0.378 e. The first-order chi connectivity index (χ1) is 8.25. The lowest BCUT2D eigenvalue weighted by Gasteiger charge is -2.13. The van der Waals surface area contributed by atoms with E-state index < -0.39 is 9.84 Å². The normalized spacial score (nSPS) is 12.1. The number of allylic oxidation sites excluding steroid dienone is 1. The second-order valence-electron chi connectivity index (χ2n) is 3.99. The van der Waals surface area contributed by atoms with Crippen molar-refractivity contribution in [2.24, 2.45) is 0 Å². The van der Waals surface area contributed by atoms with Crippen LogP contribution >= 0.6 is 11.6 Å². The lowest BCUT2D eigenvalue weighted by atomic mass is 10.2. The number of nitriles is 1. The minimum absolute atomic E-state index is 0.304. The second kappa shape index (κ2) is 5.42. The Labute approximate surface area is 112 Å². The number of nitrogens with zero attached hydrogens (tertiary/aromatic N) is 2. The van der Waals surface area contributed by atoms with Crippen molar-refractivity contribution in [2.75, 3.05) is 25.3 Å². The topological polar surface area (TPSA) is 61.2 Å². The molecule has 0 aliphatic carbocycles. The van der Waals surface area contributed by atoms with Crippen molar-refractivity contribution in [2.45, 2.75) is 0 Å². The quantitative estimate of drug-likeness (QED) is 0.799. The molecule has 0 aromatic heterocycles. The zero-order chi connectivity index (χ0) is 13.9. The van der Waals surface area contributed by atoms with Crippen molar-refractivity contribution in [1.82, 2.24) is 0 Å². The average Bonchev–Trinajstić information content (AvgIpc) is 2.25. The number of rotatable bonds is 3. The maximum atomic E-state index is 11.3. The van der Waals surface area contributed by atoms with Gasteiger partial charge >= 0.3 is 0 Å². The zero-order valence-electron chi connectivity index (χ0n) is 10.3. The molecule has 0 amide bonds. The van der Waals surface area contributed by atoms with Gasteiger partial charge in [-0.15, -0.1) is 0 Å². The summed E-state index contributed by atoms with van der Waals surface area (Å²) in [5.41, 5.74) is 1.40. The molecule has 0 saturated carbocycles. The van der Waals surface area contributed by atoms with Gasteiger partial charge in [-0.25, -0.2) is 8.42 Å². The summed E-state index contributed by atoms with van der Waals surface area (Å²) in [6.45, 7) is 0. The average molecular weight is 285 g/mol. The van der Waals surface area contributed by atoms with Gasteiger partial charge in [0, 0.05) is 31.1 Å². The van der Waals surface area contributed by atoms with Gasteiger partial charge in [0.25, 0.3) is 0 Å². The highest BCUT2D eigenvalue weighted by atomic mass is 35.5. The van der Waals surface area contributed by atoms with Crippen LogP contribution in [0.15, 0.2) is 23.1 Å². The van der Waals surface area contributed by atoms with Gasteiger partial charge in [-0.05, 0) is 23.8 Å². The zero-order valence-corrected chi connectivity index (χ0v) is 11.9. The van der Waals surface area contributed by atoms with E-state index in [-0.39, 0.29) is 4.91 Å². The molecule has 0 N–H and O–H groups in total. The third-order valence-corrected chi connectivity index (χ3v) is 3.63. The van der Waals surface area contributed by atoms with Crippen molar-refractivity contribution in [3.63, 3.8) is 0 Å². The second-order valence-corrected chi connectivity index (χ2v) is 6.38. The first-order valence-corrected chi connectivity index (χ1v) is 7.31. The number of benzene rings is 1. The first-order valence-electron chi connectivity index (χ1n) is 5.04. The molecule has 0 aliphatic heterocycles. The number of anilines is 1. The van der Waals surface area contributed by atoms with Crippen LogP contribution in [-0.4, -0.2) is 28.8 Å². The van der Waals surface area contributed by atoms with E-state index in [1.807, 2.05) is 19.0 Å². The van der Waals surface area contributed by atoms with Crippen LogP contribution in [0.4, 0.5) is 5.69 Å². The van der Waals surface area contributed by atoms with Gasteiger partial charge in [-0.1, -0.05) is 17.7 Å². The summed E-state index contributed by atoms with van der Waals surface area (Å²) in [5, 5.41) is 9.21. The summed E-state index contributed by atoms with van der Waals surface area (Å²) in [5.74, 6) is 0. The van der Waals surface area contributed by atoms with Crippen molar-refractivity contribution in [3.8, 4) is 6.07 Å². The fourth-order valence-electron chi connectivity index (χ4n) is 1.27. The van der Waals surface area contributed by atoms with Gasteiger partial charge in [0.2, 0.25) is 0 Å². The van der Waals surface area contributed by atoms with Gasteiger partial charge in [0.15, 0.2) is 9.84 Å². The molecular weight excluding hydrogens is 272 g/mol. The van der Waals surface area contributed by atoms with Crippen LogP contribution in [0.2, 0.25) is 5.02 Å². The Kier molecular flexibility index (Phi) is 4.38. The molecule has 0 bridgehead atoms. The Morgan fingerprint density at radius 3 is 2.44 bits per heavy atom. The molecule has 0 heterocycles. The molecule has 1 aromatic carbocycles. The van der Waals surface area contributed by atoms with Crippen LogP contribution in [0.3, 0.4) is 0 Å². The van der Waals surface area contributed by atoms with Crippen molar-refractivity contribution in [3.05, 3.63) is 33.7 Å². The molecule has 4 nitrogen and oxygen atoms in total. The molecule has 1 rings (SSSR count). The van der Waals surface area contributed by atoms with Crippen molar-refractivity contribution in [1.29, 1.82) is 5.26 Å². The maximum absolute atomic E-state index is 11.3. The van der Waals surface area contributed by atoms with E-state index in [1.54, 1.807) is 24.3 Å². The molecule has 0 radical (unpaired) electrons. The minimum atomic E-state index is -3.53. The van der Waals surface area contributed by atoms with Gasteiger partial charge < -0.3 is 4.90 Å². The minimum Gasteiger partial charge on any atom is -0.378 e. The van der Waals surface area contributed by atoms with Crippen LogP contribution in [0, 0.1) is 11.3 Å². The van der Waals surface area contributed by atoms with Gasteiger partial charge in [-0.3, -0.25) is 0 Å². The third kappa shape index (κ3) is 3.49. The summed E-state index contributed by atoms with van der Waals surface area (Å²) >= 11 is 6.05. The Hall–Kier alpha value is -1.51. The molecule has 0 atom stereocenters. The summed E-state index contributed by atoms with van der Waals surface area (Å²) < 4.78 is 22.6. The summed E-state index contributed by atoms with van der Waals surface area (Å²) in [6.07, 6.45) is 2.27. The number of sulfone groups is 1. The lowest BCUT2D eigenvalue weighted by Crippen LogP contribution is -2.08. The van der Waals surface area contributed by atoms with Crippen LogP contribution in [-0.2, 0) is 9.84 Å². The van der Waals surface area contributed by atoms with E-state index in [1.165, 1.54) is 6.08 Å². The predicted octanol–water partition coefficient (Wildman–Crippen LogP) is 2.32. The lowest BCUT2D eigenvalue weighted by molar-refractivity contribution is 0.609. The summed E-state index contributed by atoms with van der Waals surface area (Å²) in [6, 6.07) is 6.85. The predicted molar refractivity (Wildman–Crippen MR) is 74.2 cm³/mol. The number of hydrogen-bond acceptors (Lipinski definition) is 4. The molecule has 0 fully saturated rings. The fraction of sp³-hybridized carbons (Fsp3) is 0.250. The summed E-state index contributed by atoms with van der Waals surface area (Å²) in [4.78, 5) is 1.57. The molecule has 0 saturated heterocycles. The van der Waals surface area contributed by atoms with Gasteiger partial charge in [-0.2, -0.15) is 5.26 Å². The molecule has 96 valence electrons. The van der Waals surface area contributed by atoms with Crippen molar-refractivity contribution >= 4 is 33.2 Å². The van der Waals surface area contributed by atoms with Crippen LogP contribution < -0.4 is 4.90 Å². The van der Waals surface area contributed by atoms with Crippen LogP contribution in [0.5, 0.6) is 0 Å². The van der Waals surface area contributed by atoms with Crippen molar-refractivity contribution < 1.29 is 8.42 Å². The standard InChI is InChI=1S/C12H13ClN2O2S/c1-15(2)10-5-4-9(12(13)7-10)6-11(8-14)18(3,16)17/h4-7H,1-3H3/b11-6+. The number of halogens is 1. The van der Waals surface area contributed by atoms with E-state index in [2.05, 4.69) is 0 Å². The van der Waals surface area contributed by atoms with E-state index >= 15 is 0 Å². The molecule has 0 aliphatic rings. The molecule has 0 unspecified atom stereocenters. The van der Waals surface area contributed by atoms with Gasteiger partial charge in [0.1, 0.15) is 11.0 Å². The fourth-order valence-corrected chi connectivity index (χ4v) is 2.01. The molecule has 0 spiro atoms. The Bertz CT molecular complexity index is 628. The third-order valence-electron chi connectivity index (χ3n) is 2.30. The monoisotopic (exact) mass is 284 g/mol. The van der Waals surface area contributed by atoms with E-state index in [0.29, 0.717) is 10.6 Å². The molecule has 6 heteroatoms. The highest BCUT2D eigenvalue weighted by Gasteiger charge is 2.11. The van der Waals surface area contributed by atoms with Gasteiger partial charge in [0.05, 0.1) is 0 Å². The summed E-state index contributed by atoms with van der Waals surface area (Å²) in [7, 11) is 0.221. The highest BCUT2D eigenvalue weighted by molar-refractivity contribution is 7.95. The van der Waals surface area contributed by atoms with E-state index in [9.17, 15) is 8.42 Å². The molecule has 1 aromatic rings. The Morgan fingerprint density at radius 1 is 1.44 bits per heavy atom. The molecular formula is C12H13ClN2O2S. The number of hydrogen-bond donors (Lipinski definition) is 0. The molecule has 18 heavy (non-hydrogen) atoms. The Morgan fingerprint density at radius 2 is 2.06 bits per heavy atom. The van der Waals surface area contributed by atoms with Crippen LogP contribution in [0.25, 0.3) is 6.08 Å². The maximum Gasteiger partial charge on any atom is 0.185 e. The van der Waals surface area contributed by atoms with E-state index in [4.69, 9.17) is 16.9 Å².